The van der Waals surface area contributed by atoms with Gasteiger partial charge in [-0.2, -0.15) is 0 Å². The quantitative estimate of drug-likeness (QED) is 0.361. The number of unbranched alkanes of at least 4 members (excludes halogenated alkanes) is 1. The molecule has 0 heterocycles. The van der Waals surface area contributed by atoms with E-state index < -0.39 is 0 Å². The zero-order valence-corrected chi connectivity index (χ0v) is 14.6. The number of aliphatic hydroxyl groups is 1. The van der Waals surface area contributed by atoms with Gasteiger partial charge in [0.05, 0.1) is 6.61 Å². The summed E-state index contributed by atoms with van der Waals surface area (Å²) in [5.41, 5.74) is 4.92. The van der Waals surface area contributed by atoms with Gasteiger partial charge >= 0.3 is 0 Å². The molecule has 0 aliphatic rings. The van der Waals surface area contributed by atoms with E-state index in [-0.39, 0.29) is 12.0 Å². The zero-order valence-electron chi connectivity index (χ0n) is 14.6. The highest BCUT2D eigenvalue weighted by atomic mass is 16.3. The van der Waals surface area contributed by atoms with Crippen molar-refractivity contribution in [3.8, 4) is 0 Å². The smallest absolute Gasteiger partial charge is 0.0555 e. The normalized spacial score (nSPS) is 13.6. The number of rotatable bonds is 13. The third kappa shape index (κ3) is 10.7. The summed E-state index contributed by atoms with van der Waals surface area (Å²) in [5, 5.41) is 15.5. The number of hydrogen-bond donors (Lipinski definition) is 3. The van der Waals surface area contributed by atoms with E-state index in [2.05, 4.69) is 50.1 Å². The molecule has 0 aliphatic heterocycles. The first-order valence-electron chi connectivity index (χ1n) is 8.53. The fraction of sp³-hybridized carbons (Fsp3) is 0.833. The summed E-state index contributed by atoms with van der Waals surface area (Å²) in [5.74, 6) is 0. The summed E-state index contributed by atoms with van der Waals surface area (Å²) in [6.45, 7) is 12.7. The molecule has 0 fully saturated rings. The summed E-state index contributed by atoms with van der Waals surface area (Å²) in [4.78, 5) is 0. The molecule has 0 aliphatic carbocycles. The lowest BCUT2D eigenvalue weighted by Crippen LogP contribution is -2.34. The molecule has 0 saturated heterocycles. The van der Waals surface area contributed by atoms with Crippen LogP contribution in [0.15, 0.2) is 17.4 Å². The maximum atomic E-state index is 8.70. The number of nitrogens with one attached hydrogen (secondary N) is 2. The molecule has 0 saturated carbocycles. The van der Waals surface area contributed by atoms with Gasteiger partial charge in [0.15, 0.2) is 0 Å². The van der Waals surface area contributed by atoms with Crippen LogP contribution in [0.5, 0.6) is 0 Å². The van der Waals surface area contributed by atoms with Gasteiger partial charge in [-0.05, 0) is 57.8 Å². The van der Waals surface area contributed by atoms with Crippen LogP contribution in [0.4, 0.5) is 0 Å². The first kappa shape index (κ1) is 20.4. The van der Waals surface area contributed by atoms with Crippen molar-refractivity contribution in [1.29, 1.82) is 0 Å². The lowest BCUT2D eigenvalue weighted by atomic mass is 9.80. The summed E-state index contributed by atoms with van der Waals surface area (Å²) < 4.78 is 0. The first-order chi connectivity index (χ1) is 10.1. The Bertz CT molecular complexity index is 304. The van der Waals surface area contributed by atoms with Crippen LogP contribution in [-0.4, -0.2) is 37.9 Å². The zero-order chi connectivity index (χ0) is 16.0. The van der Waals surface area contributed by atoms with Crippen molar-refractivity contribution < 1.29 is 5.11 Å². The van der Waals surface area contributed by atoms with E-state index in [1.54, 1.807) is 0 Å². The largest absolute Gasteiger partial charge is 0.395 e. The first-order valence-corrected chi connectivity index (χ1v) is 8.53. The minimum atomic E-state index is 0.219. The van der Waals surface area contributed by atoms with Gasteiger partial charge < -0.3 is 15.7 Å². The molecule has 3 nitrogen and oxygen atoms in total. The van der Waals surface area contributed by atoms with E-state index >= 15 is 0 Å². The molecule has 0 spiro atoms. The Morgan fingerprint density at radius 2 is 1.81 bits per heavy atom. The van der Waals surface area contributed by atoms with Crippen LogP contribution in [0.3, 0.4) is 0 Å². The Hall–Kier alpha value is -0.600. The van der Waals surface area contributed by atoms with Crippen LogP contribution in [0.2, 0.25) is 0 Å². The third-order valence-electron chi connectivity index (χ3n) is 3.87. The van der Waals surface area contributed by atoms with E-state index in [4.69, 9.17) is 5.11 Å². The number of aliphatic hydroxyl groups excluding tert-OH is 1. The second kappa shape index (κ2) is 13.1. The molecule has 1 atom stereocenters. The Kier molecular flexibility index (Phi) is 12.7. The highest BCUT2D eigenvalue weighted by Crippen LogP contribution is 2.29. The monoisotopic (exact) mass is 296 g/mol. The summed E-state index contributed by atoms with van der Waals surface area (Å²) in [7, 11) is 0. The highest BCUT2D eigenvalue weighted by molar-refractivity contribution is 5.04. The molecular weight excluding hydrogens is 260 g/mol. The van der Waals surface area contributed by atoms with Crippen molar-refractivity contribution in [2.24, 2.45) is 5.41 Å². The molecule has 0 aromatic heterocycles. The van der Waals surface area contributed by atoms with Crippen molar-refractivity contribution in [2.45, 2.75) is 59.8 Å². The van der Waals surface area contributed by atoms with E-state index in [1.807, 2.05) is 0 Å². The molecule has 0 aromatic carbocycles. The second-order valence-electron chi connectivity index (χ2n) is 6.11. The van der Waals surface area contributed by atoms with Crippen LogP contribution < -0.4 is 10.6 Å². The Morgan fingerprint density at radius 1 is 1.10 bits per heavy atom. The van der Waals surface area contributed by atoms with Crippen molar-refractivity contribution in [3.63, 3.8) is 0 Å². The lowest BCUT2D eigenvalue weighted by molar-refractivity contribution is 0.290. The molecule has 124 valence electrons. The van der Waals surface area contributed by atoms with Crippen molar-refractivity contribution in [3.05, 3.63) is 17.4 Å². The Balaban J connectivity index is 4.30. The van der Waals surface area contributed by atoms with E-state index in [0.29, 0.717) is 6.54 Å². The van der Waals surface area contributed by atoms with Gasteiger partial charge in [-0.25, -0.2) is 0 Å². The molecule has 0 radical (unpaired) electrons. The standard InChI is InChI=1S/C18H36N2O/c1-5-7-10-18(6-2,11-9-17(3)4)16-20-13-8-12-19-14-15-21/h11,19-21H,5-8,10,12-16H2,1-4H3/t18-/m0/s1. The fourth-order valence-corrected chi connectivity index (χ4v) is 2.32. The maximum absolute atomic E-state index is 8.70. The van der Waals surface area contributed by atoms with Crippen LogP contribution in [-0.2, 0) is 0 Å². The van der Waals surface area contributed by atoms with E-state index in [0.717, 1.165) is 32.5 Å². The van der Waals surface area contributed by atoms with Gasteiger partial charge in [0, 0.05) is 18.5 Å². The second-order valence-corrected chi connectivity index (χ2v) is 6.11. The molecule has 0 rings (SSSR count). The van der Waals surface area contributed by atoms with Gasteiger partial charge in [0.25, 0.3) is 0 Å². The van der Waals surface area contributed by atoms with Gasteiger partial charge in [0.2, 0.25) is 0 Å². The van der Waals surface area contributed by atoms with Crippen molar-refractivity contribution in [1.82, 2.24) is 10.6 Å². The summed E-state index contributed by atoms with van der Waals surface area (Å²) >= 11 is 0. The van der Waals surface area contributed by atoms with Crippen molar-refractivity contribution >= 4 is 0 Å². The lowest BCUT2D eigenvalue weighted by Gasteiger charge is -2.29. The Labute approximate surface area is 131 Å². The maximum Gasteiger partial charge on any atom is 0.0555 e. The third-order valence-corrected chi connectivity index (χ3v) is 3.87. The minimum Gasteiger partial charge on any atom is -0.395 e. The molecule has 0 aromatic rings. The SMILES string of the molecule is CCCC[C@](C=C=C(C)C)(CC)CNCCCNCCO. The predicted octanol–water partition coefficient (Wildman–Crippen LogP) is 3.26. The van der Waals surface area contributed by atoms with Crippen LogP contribution in [0.1, 0.15) is 59.8 Å². The molecule has 21 heavy (non-hydrogen) atoms. The molecule has 3 N–H and O–H groups in total. The van der Waals surface area contributed by atoms with E-state index in [1.165, 1.54) is 24.8 Å². The van der Waals surface area contributed by atoms with Gasteiger partial charge in [0.1, 0.15) is 0 Å². The van der Waals surface area contributed by atoms with E-state index in [9.17, 15) is 0 Å². The predicted molar refractivity (Wildman–Crippen MR) is 92.6 cm³/mol. The fourth-order valence-electron chi connectivity index (χ4n) is 2.32. The van der Waals surface area contributed by atoms with Gasteiger partial charge in [-0.3, -0.25) is 0 Å². The molecule has 0 amide bonds. The average molecular weight is 296 g/mol. The average Bonchev–Trinajstić information content (AvgIpc) is 2.48. The van der Waals surface area contributed by atoms with Crippen LogP contribution >= 0.6 is 0 Å². The highest BCUT2D eigenvalue weighted by Gasteiger charge is 2.23. The topological polar surface area (TPSA) is 44.3 Å². The number of hydrogen-bond acceptors (Lipinski definition) is 3. The molecule has 3 heteroatoms. The minimum absolute atomic E-state index is 0.219. The van der Waals surface area contributed by atoms with Gasteiger partial charge in [-0.1, -0.05) is 26.7 Å². The molecule has 0 bridgehead atoms. The van der Waals surface area contributed by atoms with Crippen LogP contribution in [0, 0.1) is 5.41 Å². The summed E-state index contributed by atoms with van der Waals surface area (Å²) in [6.07, 6.45) is 8.30. The van der Waals surface area contributed by atoms with Crippen LogP contribution in [0.25, 0.3) is 0 Å². The molecule has 0 unspecified atom stereocenters. The van der Waals surface area contributed by atoms with Crippen molar-refractivity contribution in [2.75, 3.05) is 32.8 Å². The molecular formula is C18H36N2O. The summed E-state index contributed by atoms with van der Waals surface area (Å²) in [6, 6.07) is 0. The van der Waals surface area contributed by atoms with Gasteiger partial charge in [-0.15, -0.1) is 5.73 Å². The Morgan fingerprint density at radius 3 is 2.38 bits per heavy atom.